The molecule has 3 rings (SSSR count). The van der Waals surface area contributed by atoms with Crippen molar-refractivity contribution >= 4 is 11.5 Å². The van der Waals surface area contributed by atoms with Gasteiger partial charge in [-0.1, -0.05) is 46.1 Å². The summed E-state index contributed by atoms with van der Waals surface area (Å²) < 4.78 is 4.40. The van der Waals surface area contributed by atoms with Crippen LogP contribution in [0.25, 0.3) is 0 Å². The van der Waals surface area contributed by atoms with Crippen LogP contribution >= 0.6 is 0 Å². The predicted molar refractivity (Wildman–Crippen MR) is 62.9 cm³/mol. The van der Waals surface area contributed by atoms with E-state index in [0.29, 0.717) is 5.71 Å². The molecule has 1 unspecified atom stereocenters. The van der Waals surface area contributed by atoms with E-state index in [1.165, 1.54) is 6.20 Å². The Balaban J connectivity index is 1.89. The molecule has 1 aliphatic rings. The molecule has 3 N–H and O–H groups in total. The summed E-state index contributed by atoms with van der Waals surface area (Å²) in [4.78, 5) is 4.80. The van der Waals surface area contributed by atoms with E-state index in [-0.39, 0.29) is 5.82 Å². The lowest BCUT2D eigenvalue weighted by atomic mass is 10.1. The minimum atomic E-state index is -1.39. The molecule has 1 aromatic heterocycles. The van der Waals surface area contributed by atoms with E-state index < -0.39 is 5.79 Å². The molecular weight excluding hydrogens is 250 g/mol. The van der Waals surface area contributed by atoms with Gasteiger partial charge in [0.05, 0.1) is 0 Å². The maximum Gasteiger partial charge on any atom is 0.262 e. The summed E-state index contributed by atoms with van der Waals surface area (Å²) >= 11 is 0. The predicted octanol–water partition coefficient (Wildman–Crippen LogP) is 0.705. The standard InChI is InChI=1S/C10H9N7O2/c11-10(16-13-8-6-12-18-14-8)9(15-19-17-10)7-4-2-1-3-5-7/h1-6,17H,11H2. The molecule has 0 aliphatic carbocycles. The highest BCUT2D eigenvalue weighted by Crippen LogP contribution is 2.19. The Morgan fingerprint density at radius 2 is 2.11 bits per heavy atom. The van der Waals surface area contributed by atoms with Crippen LogP contribution in [0, 0.1) is 0 Å². The molecule has 0 amide bonds. The van der Waals surface area contributed by atoms with E-state index >= 15 is 0 Å². The molecule has 1 aliphatic heterocycles. The summed E-state index contributed by atoms with van der Waals surface area (Å²) in [6.45, 7) is 0. The second-order valence-corrected chi connectivity index (χ2v) is 3.73. The Labute approximate surface area is 107 Å². The molecule has 9 nitrogen and oxygen atoms in total. The van der Waals surface area contributed by atoms with Gasteiger partial charge in [-0.15, -0.1) is 10.2 Å². The van der Waals surface area contributed by atoms with Gasteiger partial charge in [0.1, 0.15) is 6.20 Å². The van der Waals surface area contributed by atoms with Crippen LogP contribution in [0.1, 0.15) is 5.56 Å². The van der Waals surface area contributed by atoms with Crippen molar-refractivity contribution in [3.05, 3.63) is 42.1 Å². The highest BCUT2D eigenvalue weighted by Gasteiger charge is 2.39. The third-order valence-corrected chi connectivity index (χ3v) is 2.41. The molecule has 0 radical (unpaired) electrons. The summed E-state index contributed by atoms with van der Waals surface area (Å²) in [5.74, 6) is -1.19. The molecule has 0 saturated heterocycles. The number of hydrogen-bond donors (Lipinski definition) is 2. The van der Waals surface area contributed by atoms with Gasteiger partial charge in [0.25, 0.3) is 5.79 Å². The lowest BCUT2D eigenvalue weighted by molar-refractivity contribution is 0.0339. The Hall–Kier alpha value is -2.65. The largest absolute Gasteiger partial charge is 0.295 e. The minimum Gasteiger partial charge on any atom is -0.295 e. The van der Waals surface area contributed by atoms with Crippen LogP contribution in [0.15, 0.2) is 56.5 Å². The molecule has 2 heterocycles. The van der Waals surface area contributed by atoms with Crippen molar-refractivity contribution in [2.45, 2.75) is 5.79 Å². The topological polar surface area (TPSA) is 123 Å². The van der Waals surface area contributed by atoms with Gasteiger partial charge in [0, 0.05) is 5.56 Å². The van der Waals surface area contributed by atoms with Crippen LogP contribution in [0.5, 0.6) is 0 Å². The van der Waals surface area contributed by atoms with Crippen molar-refractivity contribution in [2.24, 2.45) is 21.1 Å². The van der Waals surface area contributed by atoms with Gasteiger partial charge in [-0.3, -0.25) is 10.7 Å². The van der Waals surface area contributed by atoms with E-state index in [4.69, 9.17) is 10.7 Å². The fraction of sp³-hybridized carbons (Fsp3) is 0.100. The monoisotopic (exact) mass is 259 g/mol. The Morgan fingerprint density at radius 3 is 2.84 bits per heavy atom. The fourth-order valence-corrected chi connectivity index (χ4v) is 1.53. The number of nitrogens with zero attached hydrogens (tertiary/aromatic N) is 5. The van der Waals surface area contributed by atoms with Gasteiger partial charge in [-0.05, 0) is 5.16 Å². The first-order valence-corrected chi connectivity index (χ1v) is 5.34. The number of azo groups is 1. The van der Waals surface area contributed by atoms with Crippen LogP contribution in [0.3, 0.4) is 0 Å². The van der Waals surface area contributed by atoms with Gasteiger partial charge in [-0.25, -0.2) is 4.63 Å². The van der Waals surface area contributed by atoms with Crippen molar-refractivity contribution in [2.75, 3.05) is 0 Å². The van der Waals surface area contributed by atoms with Crippen molar-refractivity contribution in [3.63, 3.8) is 0 Å². The molecule has 1 atom stereocenters. The quantitative estimate of drug-likeness (QED) is 0.782. The van der Waals surface area contributed by atoms with E-state index in [9.17, 15) is 0 Å². The zero-order valence-corrected chi connectivity index (χ0v) is 9.59. The Kier molecular flexibility index (Phi) is 2.74. The number of nitrogens with two attached hydrogens (primary N) is 1. The maximum absolute atomic E-state index is 6.05. The smallest absolute Gasteiger partial charge is 0.262 e. The molecule has 0 saturated carbocycles. The average molecular weight is 259 g/mol. The molecule has 0 spiro atoms. The summed E-state index contributed by atoms with van der Waals surface area (Å²) in [5, 5.41) is 18.5. The third kappa shape index (κ3) is 2.19. The van der Waals surface area contributed by atoms with Gasteiger partial charge < -0.3 is 0 Å². The van der Waals surface area contributed by atoms with Crippen LogP contribution < -0.4 is 11.2 Å². The first-order chi connectivity index (χ1) is 9.28. The summed E-state index contributed by atoms with van der Waals surface area (Å²) in [7, 11) is 0. The fourth-order valence-electron chi connectivity index (χ4n) is 1.53. The SMILES string of the molecule is NC1(N=Nc2cnon2)NON=C1c1ccccc1. The van der Waals surface area contributed by atoms with E-state index in [0.717, 1.165) is 5.56 Å². The van der Waals surface area contributed by atoms with Crippen molar-refractivity contribution in [3.8, 4) is 0 Å². The molecule has 19 heavy (non-hydrogen) atoms. The maximum atomic E-state index is 6.05. The Morgan fingerprint density at radius 1 is 1.26 bits per heavy atom. The minimum absolute atomic E-state index is 0.200. The molecule has 1 aromatic carbocycles. The summed E-state index contributed by atoms with van der Waals surface area (Å²) in [6, 6.07) is 9.27. The number of hydroxylamine groups is 1. The first-order valence-electron chi connectivity index (χ1n) is 5.34. The van der Waals surface area contributed by atoms with Crippen LogP contribution in [-0.4, -0.2) is 21.8 Å². The highest BCUT2D eigenvalue weighted by molar-refractivity contribution is 6.06. The summed E-state index contributed by atoms with van der Waals surface area (Å²) in [6.07, 6.45) is 1.31. The van der Waals surface area contributed by atoms with Crippen LogP contribution in [0.4, 0.5) is 5.82 Å². The number of oxime groups is 1. The lowest BCUT2D eigenvalue weighted by Gasteiger charge is -2.16. The van der Waals surface area contributed by atoms with Crippen molar-refractivity contribution in [1.29, 1.82) is 0 Å². The van der Waals surface area contributed by atoms with Gasteiger partial charge in [-0.2, -0.15) is 0 Å². The second-order valence-electron chi connectivity index (χ2n) is 3.73. The number of nitrogens with one attached hydrogen (secondary N) is 1. The van der Waals surface area contributed by atoms with Gasteiger partial charge in [0.15, 0.2) is 5.71 Å². The van der Waals surface area contributed by atoms with E-state index in [1.54, 1.807) is 0 Å². The average Bonchev–Trinajstić information content (AvgIpc) is 3.07. The summed E-state index contributed by atoms with van der Waals surface area (Å²) in [5.41, 5.74) is 9.71. The van der Waals surface area contributed by atoms with Gasteiger partial charge in [0.2, 0.25) is 5.82 Å². The Bertz CT molecular complexity index is 610. The zero-order chi connectivity index (χ0) is 13.1. The second kappa shape index (κ2) is 4.55. The molecular formula is C10H9N7O2. The molecule has 0 bridgehead atoms. The van der Waals surface area contributed by atoms with Gasteiger partial charge >= 0.3 is 0 Å². The zero-order valence-electron chi connectivity index (χ0n) is 9.59. The highest BCUT2D eigenvalue weighted by atomic mass is 16.8. The van der Waals surface area contributed by atoms with Crippen molar-refractivity contribution in [1.82, 2.24) is 15.8 Å². The van der Waals surface area contributed by atoms with E-state index in [2.05, 4.69) is 35.8 Å². The normalized spacial score (nSPS) is 22.5. The number of benzene rings is 1. The van der Waals surface area contributed by atoms with Crippen LogP contribution in [0.2, 0.25) is 0 Å². The number of rotatable bonds is 3. The number of hydrogen-bond acceptors (Lipinski definition) is 9. The first kappa shape index (κ1) is 11.4. The van der Waals surface area contributed by atoms with Crippen molar-refractivity contribution < 1.29 is 9.57 Å². The third-order valence-electron chi connectivity index (χ3n) is 2.41. The lowest BCUT2D eigenvalue weighted by Crippen LogP contribution is -2.53. The number of aromatic nitrogens is 2. The molecule has 9 heteroatoms. The van der Waals surface area contributed by atoms with E-state index in [1.807, 2.05) is 30.3 Å². The van der Waals surface area contributed by atoms with Crippen LogP contribution in [-0.2, 0) is 4.94 Å². The molecule has 0 fully saturated rings. The molecule has 96 valence electrons. The molecule has 2 aromatic rings.